The van der Waals surface area contributed by atoms with Crippen molar-refractivity contribution in [1.29, 1.82) is 0 Å². The summed E-state index contributed by atoms with van der Waals surface area (Å²) in [5.74, 6) is -0.263. The van der Waals surface area contributed by atoms with E-state index in [1.807, 2.05) is 30.3 Å². The molecule has 2 aromatic carbocycles. The Labute approximate surface area is 182 Å². The molecule has 3 heterocycles. The van der Waals surface area contributed by atoms with Gasteiger partial charge in [-0.05, 0) is 24.3 Å². The molecule has 5 rings (SSSR count). The summed E-state index contributed by atoms with van der Waals surface area (Å²) in [6.07, 6.45) is -3.18. The number of hydrogen-bond acceptors (Lipinski definition) is 5. The van der Waals surface area contributed by atoms with E-state index in [9.17, 15) is 18.0 Å². The van der Waals surface area contributed by atoms with E-state index in [0.29, 0.717) is 16.5 Å². The smallest absolute Gasteiger partial charge is 0.305 e. The molecule has 0 fully saturated rings. The number of halogens is 3. The lowest BCUT2D eigenvalue weighted by molar-refractivity contribution is -0.137. The van der Waals surface area contributed by atoms with Crippen molar-refractivity contribution < 1.29 is 18.0 Å². The van der Waals surface area contributed by atoms with Crippen molar-refractivity contribution in [2.24, 2.45) is 0 Å². The highest BCUT2D eigenvalue weighted by Crippen LogP contribution is 2.37. The van der Waals surface area contributed by atoms with Crippen molar-refractivity contribution in [1.82, 2.24) is 24.8 Å². The maximum Gasteiger partial charge on any atom is 0.417 e. The normalized spacial score (nSPS) is 11.7. The number of amides is 1. The minimum absolute atomic E-state index is 0.0418. The standard InChI is InChI=1S/C21H13F3N6OS/c22-21(23,24)15-7-6-13(10-14(15)16-8-9-25-29-16)19(31)28-18-17(12-4-2-1-3-5-12)27-20-30(18)26-11-32-20/h1-11H,(H,25,29)(H,28,31). The van der Waals surface area contributed by atoms with Gasteiger partial charge in [-0.25, -0.2) is 4.98 Å². The van der Waals surface area contributed by atoms with Crippen LogP contribution in [-0.4, -0.2) is 30.7 Å². The highest BCUT2D eigenvalue weighted by Gasteiger charge is 2.34. The van der Waals surface area contributed by atoms with Gasteiger partial charge in [0.1, 0.15) is 11.2 Å². The van der Waals surface area contributed by atoms with E-state index in [1.165, 1.54) is 34.2 Å². The van der Waals surface area contributed by atoms with Crippen LogP contribution in [0.2, 0.25) is 0 Å². The van der Waals surface area contributed by atoms with Crippen LogP contribution >= 0.6 is 11.3 Å². The van der Waals surface area contributed by atoms with E-state index in [4.69, 9.17) is 0 Å². The number of H-pyrrole nitrogens is 1. The summed E-state index contributed by atoms with van der Waals surface area (Å²) in [4.78, 5) is 18.2. The van der Waals surface area contributed by atoms with Gasteiger partial charge in [0.05, 0.1) is 11.3 Å². The summed E-state index contributed by atoms with van der Waals surface area (Å²) in [6.45, 7) is 0. The number of aromatic nitrogens is 5. The van der Waals surface area contributed by atoms with Crippen LogP contribution in [0.25, 0.3) is 27.5 Å². The zero-order valence-corrected chi connectivity index (χ0v) is 16.9. The van der Waals surface area contributed by atoms with Gasteiger partial charge in [-0.1, -0.05) is 41.7 Å². The Bertz CT molecular complexity index is 1410. The summed E-state index contributed by atoms with van der Waals surface area (Å²) in [6, 6.07) is 13.8. The van der Waals surface area contributed by atoms with E-state index in [1.54, 1.807) is 5.51 Å². The molecule has 0 saturated heterocycles. The third kappa shape index (κ3) is 3.52. The molecule has 2 N–H and O–H groups in total. The van der Waals surface area contributed by atoms with Gasteiger partial charge in [-0.15, -0.1) is 0 Å². The lowest BCUT2D eigenvalue weighted by atomic mass is 10.0. The lowest BCUT2D eigenvalue weighted by Crippen LogP contribution is -2.16. The number of fused-ring (bicyclic) bond motifs is 1. The molecule has 0 radical (unpaired) electrons. The van der Waals surface area contributed by atoms with Crippen LogP contribution in [0.1, 0.15) is 15.9 Å². The van der Waals surface area contributed by atoms with Gasteiger partial charge < -0.3 is 5.32 Å². The van der Waals surface area contributed by atoms with Gasteiger partial charge in [0, 0.05) is 22.9 Å². The van der Waals surface area contributed by atoms with Crippen molar-refractivity contribution in [2.75, 3.05) is 5.32 Å². The molecule has 0 aliphatic heterocycles. The number of carbonyl (C=O) groups is 1. The Kier molecular flexibility index (Phi) is 4.74. The van der Waals surface area contributed by atoms with Gasteiger partial charge in [0.2, 0.25) is 4.96 Å². The first kappa shape index (κ1) is 19.9. The minimum atomic E-state index is -4.60. The molecule has 0 spiro atoms. The molecule has 0 bridgehead atoms. The van der Waals surface area contributed by atoms with Crippen molar-refractivity contribution in [3.8, 4) is 22.5 Å². The van der Waals surface area contributed by atoms with Crippen LogP contribution in [0.3, 0.4) is 0 Å². The first-order valence-electron chi connectivity index (χ1n) is 9.32. The van der Waals surface area contributed by atoms with Crippen molar-refractivity contribution in [2.45, 2.75) is 6.18 Å². The number of benzene rings is 2. The van der Waals surface area contributed by atoms with Gasteiger partial charge in [0.15, 0.2) is 5.82 Å². The van der Waals surface area contributed by atoms with Crippen LogP contribution in [0, 0.1) is 0 Å². The largest absolute Gasteiger partial charge is 0.417 e. The van der Waals surface area contributed by atoms with E-state index >= 15 is 0 Å². The lowest BCUT2D eigenvalue weighted by Gasteiger charge is -2.13. The summed E-state index contributed by atoms with van der Waals surface area (Å²) in [5, 5.41) is 13.3. The number of hydrogen-bond donors (Lipinski definition) is 2. The second kappa shape index (κ2) is 7.61. The van der Waals surface area contributed by atoms with Crippen LogP contribution in [-0.2, 0) is 6.18 Å². The van der Waals surface area contributed by atoms with E-state index in [0.717, 1.165) is 17.7 Å². The number of alkyl halides is 3. The zero-order chi connectivity index (χ0) is 22.3. The molecule has 1 amide bonds. The molecule has 0 atom stereocenters. The third-order valence-corrected chi connectivity index (χ3v) is 5.46. The number of imidazole rings is 1. The molecule has 7 nitrogen and oxygen atoms in total. The number of carbonyl (C=O) groups excluding carboxylic acids is 1. The van der Waals surface area contributed by atoms with Crippen molar-refractivity contribution in [3.05, 3.63) is 77.4 Å². The van der Waals surface area contributed by atoms with Crippen molar-refractivity contribution in [3.63, 3.8) is 0 Å². The molecule has 5 aromatic rings. The Morgan fingerprint density at radius 1 is 1.09 bits per heavy atom. The predicted octanol–water partition coefficient (Wildman–Crippen LogP) is 5.12. The molecule has 0 unspecified atom stereocenters. The molecule has 3 aromatic heterocycles. The Balaban J connectivity index is 1.56. The van der Waals surface area contributed by atoms with Crippen LogP contribution in [0.15, 0.2) is 66.3 Å². The van der Waals surface area contributed by atoms with Gasteiger partial charge in [-0.2, -0.15) is 27.9 Å². The number of aromatic amines is 1. The van der Waals surface area contributed by atoms with Crippen LogP contribution < -0.4 is 5.32 Å². The highest BCUT2D eigenvalue weighted by molar-refractivity contribution is 7.14. The van der Waals surface area contributed by atoms with Gasteiger partial charge in [-0.3, -0.25) is 9.89 Å². The number of nitrogens with zero attached hydrogens (tertiary/aromatic N) is 4. The molecule has 160 valence electrons. The highest BCUT2D eigenvalue weighted by atomic mass is 32.1. The average molecular weight is 454 g/mol. The summed E-state index contributed by atoms with van der Waals surface area (Å²) in [5.41, 5.74) is 1.92. The molecule has 11 heteroatoms. The summed E-state index contributed by atoms with van der Waals surface area (Å²) < 4.78 is 42.0. The Morgan fingerprint density at radius 3 is 2.62 bits per heavy atom. The maximum absolute atomic E-state index is 13.5. The van der Waals surface area contributed by atoms with Crippen LogP contribution in [0.4, 0.5) is 19.0 Å². The third-order valence-electron chi connectivity index (χ3n) is 4.79. The number of nitrogens with one attached hydrogen (secondary N) is 2. The fourth-order valence-electron chi connectivity index (χ4n) is 3.34. The summed E-state index contributed by atoms with van der Waals surface area (Å²) in [7, 11) is 0. The van der Waals surface area contributed by atoms with E-state index in [-0.39, 0.29) is 16.8 Å². The topological polar surface area (TPSA) is 88.0 Å². The Hall–Kier alpha value is -3.99. The second-order valence-corrected chi connectivity index (χ2v) is 7.59. The van der Waals surface area contributed by atoms with Gasteiger partial charge in [0.25, 0.3) is 5.91 Å². The van der Waals surface area contributed by atoms with Gasteiger partial charge >= 0.3 is 6.18 Å². The fraction of sp³-hybridized carbons (Fsp3) is 0.0476. The first-order valence-corrected chi connectivity index (χ1v) is 10.2. The molecular formula is C21H13F3N6OS. The Morgan fingerprint density at radius 2 is 1.91 bits per heavy atom. The molecule has 0 aliphatic rings. The van der Waals surface area contributed by atoms with E-state index < -0.39 is 17.6 Å². The molecule has 0 aliphatic carbocycles. The minimum Gasteiger partial charge on any atom is -0.305 e. The predicted molar refractivity (Wildman–Crippen MR) is 113 cm³/mol. The quantitative estimate of drug-likeness (QED) is 0.395. The van der Waals surface area contributed by atoms with Crippen molar-refractivity contribution >= 4 is 28.0 Å². The number of anilines is 1. The molecule has 32 heavy (non-hydrogen) atoms. The summed E-state index contributed by atoms with van der Waals surface area (Å²) >= 11 is 1.30. The fourth-order valence-corrected chi connectivity index (χ4v) is 3.96. The zero-order valence-electron chi connectivity index (χ0n) is 16.1. The number of rotatable bonds is 4. The maximum atomic E-state index is 13.5. The molecular weight excluding hydrogens is 441 g/mol. The molecule has 0 saturated carbocycles. The SMILES string of the molecule is O=C(Nc1c(-c2ccccc2)nc2scnn12)c1ccc(C(F)(F)F)c(-c2cc[nH]n2)c1. The second-order valence-electron chi connectivity index (χ2n) is 6.78. The van der Waals surface area contributed by atoms with E-state index in [2.05, 4.69) is 25.6 Å². The van der Waals surface area contributed by atoms with Crippen LogP contribution in [0.5, 0.6) is 0 Å². The monoisotopic (exact) mass is 454 g/mol. The first-order chi connectivity index (χ1) is 15.4. The average Bonchev–Trinajstić information content (AvgIpc) is 3.52.